The number of nitrogens with zero attached hydrogens (tertiary/aromatic N) is 1. The van der Waals surface area contributed by atoms with E-state index in [2.05, 4.69) is 9.72 Å². The van der Waals surface area contributed by atoms with Crippen LogP contribution in [-0.2, 0) is 14.8 Å². The largest absolute Gasteiger partial charge is 0.462 e. The third-order valence-electron chi connectivity index (χ3n) is 1.43. The first-order valence-corrected chi connectivity index (χ1v) is 6.40. The fourth-order valence-corrected chi connectivity index (χ4v) is 2.77. The number of nitrogens with two attached hydrogens (primary N) is 1. The highest BCUT2D eigenvalue weighted by Crippen LogP contribution is 2.22. The molecule has 0 unspecified atom stereocenters. The summed E-state index contributed by atoms with van der Waals surface area (Å²) in [5.74, 6) is -0.716. The zero-order chi connectivity index (χ0) is 11.6. The Morgan fingerprint density at radius 3 is 2.67 bits per heavy atom. The average molecular weight is 250 g/mol. The Morgan fingerprint density at radius 2 is 2.20 bits per heavy atom. The van der Waals surface area contributed by atoms with Gasteiger partial charge in [0, 0.05) is 0 Å². The van der Waals surface area contributed by atoms with Crippen molar-refractivity contribution in [1.29, 1.82) is 0 Å². The van der Waals surface area contributed by atoms with Crippen LogP contribution in [0.5, 0.6) is 0 Å². The summed E-state index contributed by atoms with van der Waals surface area (Å²) in [6.45, 7) is 3.38. The lowest BCUT2D eigenvalue weighted by atomic mass is 10.5. The highest BCUT2D eigenvalue weighted by molar-refractivity contribution is 7.89. The fourth-order valence-electron chi connectivity index (χ4n) is 0.926. The number of thiazole rings is 1. The van der Waals surface area contributed by atoms with Crippen LogP contribution in [0.2, 0.25) is 0 Å². The van der Waals surface area contributed by atoms with E-state index in [1.54, 1.807) is 13.8 Å². The van der Waals surface area contributed by atoms with E-state index in [1.807, 2.05) is 0 Å². The van der Waals surface area contributed by atoms with Crippen molar-refractivity contribution in [2.24, 2.45) is 5.14 Å². The van der Waals surface area contributed by atoms with Crippen LogP contribution in [-0.4, -0.2) is 26.0 Å². The van der Waals surface area contributed by atoms with E-state index < -0.39 is 21.0 Å². The van der Waals surface area contributed by atoms with Crippen molar-refractivity contribution in [3.05, 3.63) is 9.88 Å². The summed E-state index contributed by atoms with van der Waals surface area (Å²) < 4.78 is 26.9. The topological polar surface area (TPSA) is 99.3 Å². The molecule has 1 aromatic heterocycles. The van der Waals surface area contributed by atoms with Gasteiger partial charge in [0.1, 0.15) is 0 Å². The second-order valence-corrected chi connectivity index (χ2v) is 5.31. The Balaban J connectivity index is 3.24. The summed E-state index contributed by atoms with van der Waals surface area (Å²) in [6, 6.07) is 0. The van der Waals surface area contributed by atoms with Gasteiger partial charge < -0.3 is 4.74 Å². The van der Waals surface area contributed by atoms with Crippen molar-refractivity contribution in [3.63, 3.8) is 0 Å². The number of carbonyl (C=O) groups excluding carboxylic acids is 1. The monoisotopic (exact) mass is 250 g/mol. The molecule has 6 nitrogen and oxygen atoms in total. The average Bonchev–Trinajstić information content (AvgIpc) is 2.47. The van der Waals surface area contributed by atoms with Gasteiger partial charge in [-0.25, -0.2) is 23.3 Å². The van der Waals surface area contributed by atoms with Gasteiger partial charge in [-0.05, 0) is 13.8 Å². The molecule has 0 amide bonds. The van der Waals surface area contributed by atoms with Gasteiger partial charge in [0.15, 0.2) is 9.90 Å². The third kappa shape index (κ3) is 2.74. The molecule has 0 aliphatic heterocycles. The molecule has 8 heteroatoms. The first-order chi connectivity index (χ1) is 6.86. The van der Waals surface area contributed by atoms with Gasteiger partial charge in [0.2, 0.25) is 0 Å². The smallest absolute Gasteiger partial charge is 0.351 e. The number of rotatable bonds is 3. The molecule has 0 atom stereocenters. The predicted octanol–water partition coefficient (Wildman–Crippen LogP) is 0.276. The first-order valence-electron chi connectivity index (χ1n) is 4.03. The summed E-state index contributed by atoms with van der Waals surface area (Å²) in [6.07, 6.45) is 0. The van der Waals surface area contributed by atoms with Crippen LogP contribution in [0.25, 0.3) is 0 Å². The van der Waals surface area contributed by atoms with Crippen molar-refractivity contribution in [2.45, 2.75) is 18.9 Å². The summed E-state index contributed by atoms with van der Waals surface area (Å²) in [4.78, 5) is 15.0. The van der Waals surface area contributed by atoms with E-state index in [-0.39, 0.29) is 11.5 Å². The van der Waals surface area contributed by atoms with Crippen LogP contribution < -0.4 is 5.14 Å². The van der Waals surface area contributed by atoms with Gasteiger partial charge in [-0.2, -0.15) is 0 Å². The fraction of sp³-hybridized carbons (Fsp3) is 0.429. The summed E-state index contributed by atoms with van der Waals surface area (Å²) in [5, 5.41) is 4.95. The van der Waals surface area contributed by atoms with Gasteiger partial charge in [-0.15, -0.1) is 11.3 Å². The van der Waals surface area contributed by atoms with Crippen LogP contribution in [0.3, 0.4) is 0 Å². The van der Waals surface area contributed by atoms with Gasteiger partial charge >= 0.3 is 5.97 Å². The Hall–Kier alpha value is -0.990. The normalized spacial score (nSPS) is 11.4. The Morgan fingerprint density at radius 1 is 1.60 bits per heavy atom. The van der Waals surface area contributed by atoms with Gasteiger partial charge in [-0.3, -0.25) is 0 Å². The van der Waals surface area contributed by atoms with E-state index in [9.17, 15) is 13.2 Å². The number of ether oxygens (including phenoxy) is 1. The maximum atomic E-state index is 11.4. The predicted molar refractivity (Wildman–Crippen MR) is 54.2 cm³/mol. The highest BCUT2D eigenvalue weighted by atomic mass is 32.2. The lowest BCUT2D eigenvalue weighted by Gasteiger charge is -1.99. The van der Waals surface area contributed by atoms with E-state index in [0.717, 1.165) is 11.3 Å². The molecule has 0 bridgehead atoms. The van der Waals surface area contributed by atoms with Crippen LogP contribution in [0.4, 0.5) is 0 Å². The van der Waals surface area contributed by atoms with Crippen molar-refractivity contribution in [2.75, 3.05) is 6.61 Å². The third-order valence-corrected chi connectivity index (χ3v) is 3.35. The maximum Gasteiger partial charge on any atom is 0.351 e. The molecule has 0 spiro atoms. The van der Waals surface area contributed by atoms with Crippen molar-refractivity contribution in [1.82, 2.24) is 4.98 Å². The molecule has 0 saturated carbocycles. The van der Waals surface area contributed by atoms with Crippen molar-refractivity contribution >= 4 is 27.3 Å². The van der Waals surface area contributed by atoms with Gasteiger partial charge in [0.05, 0.1) is 11.6 Å². The zero-order valence-electron chi connectivity index (χ0n) is 8.18. The zero-order valence-corrected chi connectivity index (χ0v) is 9.81. The summed E-state index contributed by atoms with van der Waals surface area (Å²) in [7, 11) is -3.98. The molecule has 1 rings (SSSR count). The lowest BCUT2D eigenvalue weighted by Crippen LogP contribution is -2.17. The molecule has 0 radical (unpaired) electrons. The SMILES string of the molecule is CCOC(=O)c1sc(C)nc1S(N)(=O)=O. The van der Waals surface area contributed by atoms with Crippen LogP contribution in [0.1, 0.15) is 21.6 Å². The minimum absolute atomic E-state index is 0.0724. The minimum Gasteiger partial charge on any atom is -0.462 e. The van der Waals surface area contributed by atoms with Crippen molar-refractivity contribution < 1.29 is 17.9 Å². The molecule has 0 aromatic carbocycles. The molecule has 1 aromatic rings. The van der Waals surface area contributed by atoms with E-state index in [4.69, 9.17) is 5.14 Å². The Kier molecular flexibility index (Phi) is 3.42. The standard InChI is InChI=1S/C7H10N2O4S2/c1-3-13-7(10)5-6(15(8,11)12)9-4(2)14-5/h3H2,1-2H3,(H2,8,11,12). The Bertz CT molecular complexity index is 477. The number of hydrogen-bond acceptors (Lipinski definition) is 6. The molecule has 2 N–H and O–H groups in total. The highest BCUT2D eigenvalue weighted by Gasteiger charge is 2.25. The molecular formula is C7H10N2O4S2. The van der Waals surface area contributed by atoms with E-state index >= 15 is 0 Å². The second-order valence-electron chi connectivity index (χ2n) is 2.63. The second kappa shape index (κ2) is 4.25. The number of sulfonamides is 1. The minimum atomic E-state index is -3.98. The van der Waals surface area contributed by atoms with E-state index in [0.29, 0.717) is 5.01 Å². The molecule has 0 aliphatic carbocycles. The van der Waals surface area contributed by atoms with Crippen molar-refractivity contribution in [3.8, 4) is 0 Å². The maximum absolute atomic E-state index is 11.4. The molecule has 15 heavy (non-hydrogen) atoms. The number of carbonyl (C=O) groups is 1. The number of aryl methyl sites for hydroxylation is 1. The quantitative estimate of drug-likeness (QED) is 0.776. The Labute approximate surface area is 91.1 Å². The molecule has 0 fully saturated rings. The molecule has 0 saturated heterocycles. The number of aromatic nitrogens is 1. The van der Waals surface area contributed by atoms with Crippen LogP contribution in [0.15, 0.2) is 5.03 Å². The molecule has 84 valence electrons. The van der Waals surface area contributed by atoms with Crippen LogP contribution >= 0.6 is 11.3 Å². The van der Waals surface area contributed by atoms with Gasteiger partial charge in [0.25, 0.3) is 10.0 Å². The summed E-state index contributed by atoms with van der Waals surface area (Å²) in [5.41, 5.74) is 0. The van der Waals surface area contributed by atoms with Gasteiger partial charge in [-0.1, -0.05) is 0 Å². The van der Waals surface area contributed by atoms with E-state index in [1.165, 1.54) is 0 Å². The molecule has 0 aliphatic rings. The van der Waals surface area contributed by atoms with Crippen LogP contribution in [0, 0.1) is 6.92 Å². The summed E-state index contributed by atoms with van der Waals surface area (Å²) >= 11 is 0.944. The molecule has 1 heterocycles. The number of primary sulfonamides is 1. The number of hydrogen-bond donors (Lipinski definition) is 1. The lowest BCUT2D eigenvalue weighted by molar-refractivity contribution is 0.0527. The first kappa shape index (κ1) is 12.1. The number of esters is 1. The molecular weight excluding hydrogens is 240 g/mol.